The normalized spacial score (nSPS) is 27.3. The Hall–Kier alpha value is -2.95. The van der Waals surface area contributed by atoms with E-state index in [-0.39, 0.29) is 23.7 Å². The van der Waals surface area contributed by atoms with Gasteiger partial charge in [0.05, 0.1) is 30.7 Å². The van der Waals surface area contributed by atoms with Crippen LogP contribution < -0.4 is 4.90 Å². The number of ether oxygens (including phenoxy) is 1. The number of rotatable bonds is 5. The summed E-state index contributed by atoms with van der Waals surface area (Å²) in [7, 11) is -1.04. The van der Waals surface area contributed by atoms with Crippen LogP contribution in [0.25, 0.3) is 22.8 Å². The Kier molecular flexibility index (Phi) is 6.21. The summed E-state index contributed by atoms with van der Waals surface area (Å²) in [4.78, 5) is 23.9. The molecule has 2 N–H and O–H groups in total. The number of carbonyl (C=O) groups is 1. The zero-order chi connectivity index (χ0) is 25.7. The third kappa shape index (κ3) is 4.85. The van der Waals surface area contributed by atoms with Gasteiger partial charge >= 0.3 is 5.97 Å². The maximum absolute atomic E-state index is 13.5. The second-order valence-electron chi connectivity index (χ2n) is 10.3. The first kappa shape index (κ1) is 24.4. The van der Waals surface area contributed by atoms with Crippen molar-refractivity contribution in [2.45, 2.75) is 25.2 Å². The second-order valence-corrected chi connectivity index (χ2v) is 12.7. The van der Waals surface area contributed by atoms with Crippen LogP contribution in [-0.4, -0.2) is 56.7 Å². The third-order valence-electron chi connectivity index (χ3n) is 7.99. The number of hydrogen-bond donors (Lipinski definition) is 2. The first-order valence-electron chi connectivity index (χ1n) is 12.6. The van der Waals surface area contributed by atoms with Crippen LogP contribution in [0, 0.1) is 23.6 Å². The molecule has 1 aromatic carbocycles. The lowest BCUT2D eigenvalue weighted by molar-refractivity contribution is -0.147. The topological polar surface area (TPSA) is 109 Å². The lowest BCUT2D eigenvalue weighted by Crippen LogP contribution is -2.38. The molecule has 0 spiro atoms. The van der Waals surface area contributed by atoms with Crippen LogP contribution in [0.1, 0.15) is 30.9 Å². The van der Waals surface area contributed by atoms with Crippen molar-refractivity contribution in [2.24, 2.45) is 17.8 Å². The average Bonchev–Trinajstić information content (AvgIpc) is 3.54. The van der Waals surface area contributed by atoms with Gasteiger partial charge in [-0.05, 0) is 55.4 Å². The Morgan fingerprint density at radius 2 is 1.81 bits per heavy atom. The molecule has 10 heteroatoms. The molecular weight excluding hydrogens is 497 g/mol. The largest absolute Gasteiger partial charge is 0.469 e. The Morgan fingerprint density at radius 1 is 1.08 bits per heavy atom. The molecule has 1 aliphatic heterocycles. The highest BCUT2D eigenvalue weighted by Crippen LogP contribution is 2.57. The average molecular weight is 528 g/mol. The van der Waals surface area contributed by atoms with Gasteiger partial charge in [-0.3, -0.25) is 13.9 Å². The van der Waals surface area contributed by atoms with Gasteiger partial charge in [-0.25, -0.2) is 14.4 Å². The van der Waals surface area contributed by atoms with Gasteiger partial charge in [-0.1, -0.05) is 12.1 Å². The minimum absolute atomic E-state index is 0.167. The molecule has 4 unspecified atom stereocenters. The number of oxazole rings is 1. The van der Waals surface area contributed by atoms with Crippen LogP contribution >= 0.6 is 10.6 Å². The monoisotopic (exact) mass is 527 g/mol. The van der Waals surface area contributed by atoms with E-state index in [0.717, 1.165) is 36.7 Å². The van der Waals surface area contributed by atoms with Gasteiger partial charge in [-0.2, -0.15) is 10.6 Å². The van der Waals surface area contributed by atoms with Crippen molar-refractivity contribution >= 4 is 22.2 Å². The standard InChI is InChI=1S/C27H30FN3O5S/c1-35-27(32)22-14-18-12-17(18)13-21(22)25-24(30-26(36-25)23-7-4-19(28)15-29-23)16-2-5-20(6-3-16)31-8-10-37(33,34)11-9-31/h2-7,15,17-18,21-22,33-34H,8-14H2,1H3. The molecule has 8 nitrogen and oxygen atoms in total. The molecule has 196 valence electrons. The van der Waals surface area contributed by atoms with Gasteiger partial charge in [0.1, 0.15) is 23.0 Å². The predicted molar refractivity (Wildman–Crippen MR) is 139 cm³/mol. The number of aromatic nitrogens is 2. The van der Waals surface area contributed by atoms with E-state index in [9.17, 15) is 18.3 Å². The van der Waals surface area contributed by atoms with Crippen LogP contribution in [0.2, 0.25) is 0 Å². The van der Waals surface area contributed by atoms with Crippen LogP contribution in [0.15, 0.2) is 47.0 Å². The molecule has 0 radical (unpaired) electrons. The summed E-state index contributed by atoms with van der Waals surface area (Å²) in [5, 5.41) is 0. The quantitative estimate of drug-likeness (QED) is 0.424. The second kappa shape index (κ2) is 9.41. The van der Waals surface area contributed by atoms with Crippen molar-refractivity contribution < 1.29 is 27.4 Å². The Morgan fingerprint density at radius 3 is 2.49 bits per heavy atom. The number of fused-ring (bicyclic) bond motifs is 1. The summed E-state index contributed by atoms with van der Waals surface area (Å²) in [6, 6.07) is 10.8. The minimum Gasteiger partial charge on any atom is -0.469 e. The highest BCUT2D eigenvalue weighted by Gasteiger charge is 2.51. The molecule has 2 saturated carbocycles. The zero-order valence-electron chi connectivity index (χ0n) is 20.5. The molecule has 0 bridgehead atoms. The number of anilines is 1. The SMILES string of the molecule is COC(=O)C1CC2CC2CC1c1oc(-c2ccc(F)cn2)nc1-c1ccc(N2CCS(O)(O)CC2)cc1. The molecule has 2 aliphatic carbocycles. The molecule has 0 amide bonds. The maximum atomic E-state index is 13.5. The molecule has 6 rings (SSSR count). The van der Waals surface area contributed by atoms with E-state index in [4.69, 9.17) is 14.1 Å². The number of halogens is 1. The lowest BCUT2D eigenvalue weighted by atomic mass is 9.77. The summed E-state index contributed by atoms with van der Waals surface area (Å²) in [6.07, 6.45) is 3.86. The number of carbonyl (C=O) groups excluding carboxylic acids is 1. The lowest BCUT2D eigenvalue weighted by Gasteiger charge is -2.41. The van der Waals surface area contributed by atoms with E-state index in [0.29, 0.717) is 53.6 Å². The molecule has 3 aromatic rings. The van der Waals surface area contributed by atoms with Crippen LogP contribution in [0.3, 0.4) is 0 Å². The van der Waals surface area contributed by atoms with E-state index < -0.39 is 16.4 Å². The van der Waals surface area contributed by atoms with E-state index in [1.54, 1.807) is 0 Å². The Labute approximate surface area is 216 Å². The molecule has 3 fully saturated rings. The number of benzene rings is 1. The number of methoxy groups -OCH3 is 1. The molecule has 3 heterocycles. The van der Waals surface area contributed by atoms with Crippen molar-refractivity contribution in [1.82, 2.24) is 9.97 Å². The van der Waals surface area contributed by atoms with Crippen molar-refractivity contribution in [3.63, 3.8) is 0 Å². The summed E-state index contributed by atoms with van der Waals surface area (Å²) in [5.74, 6) is 1.66. The maximum Gasteiger partial charge on any atom is 0.309 e. The van der Waals surface area contributed by atoms with Gasteiger partial charge in [0, 0.05) is 30.3 Å². The number of hydrogen-bond acceptors (Lipinski definition) is 8. The van der Waals surface area contributed by atoms with E-state index in [2.05, 4.69) is 9.88 Å². The fourth-order valence-corrected chi connectivity index (χ4v) is 7.02. The van der Waals surface area contributed by atoms with Crippen LogP contribution in [0.4, 0.5) is 10.1 Å². The highest BCUT2D eigenvalue weighted by atomic mass is 32.3. The van der Waals surface area contributed by atoms with Gasteiger partial charge in [0.2, 0.25) is 5.89 Å². The molecule has 1 saturated heterocycles. The van der Waals surface area contributed by atoms with Gasteiger partial charge in [-0.15, -0.1) is 0 Å². The van der Waals surface area contributed by atoms with E-state index >= 15 is 0 Å². The summed E-state index contributed by atoms with van der Waals surface area (Å²) >= 11 is 0. The number of pyridine rings is 1. The summed E-state index contributed by atoms with van der Waals surface area (Å²) < 4.78 is 44.9. The van der Waals surface area contributed by atoms with Crippen LogP contribution in [0.5, 0.6) is 0 Å². The molecule has 4 atom stereocenters. The van der Waals surface area contributed by atoms with Crippen molar-refractivity contribution in [2.75, 3.05) is 36.6 Å². The van der Waals surface area contributed by atoms with Crippen molar-refractivity contribution in [1.29, 1.82) is 0 Å². The highest BCUT2D eigenvalue weighted by molar-refractivity contribution is 8.24. The first-order chi connectivity index (χ1) is 17.8. The van der Waals surface area contributed by atoms with Crippen molar-refractivity contribution in [3.05, 3.63) is 54.2 Å². The molecular formula is C27H30FN3O5S. The van der Waals surface area contributed by atoms with E-state index in [1.807, 2.05) is 24.3 Å². The minimum atomic E-state index is -2.47. The summed E-state index contributed by atoms with van der Waals surface area (Å²) in [6.45, 7) is 1.17. The molecule has 3 aliphatic rings. The van der Waals surface area contributed by atoms with Gasteiger partial charge < -0.3 is 14.1 Å². The fraction of sp³-hybridized carbons (Fsp3) is 0.444. The molecule has 37 heavy (non-hydrogen) atoms. The Balaban J connectivity index is 1.36. The number of esters is 1. The summed E-state index contributed by atoms with van der Waals surface area (Å²) in [5.41, 5.74) is 2.92. The van der Waals surface area contributed by atoms with Crippen molar-refractivity contribution in [3.8, 4) is 22.8 Å². The Bertz CT molecular complexity index is 1290. The fourth-order valence-electron chi connectivity index (χ4n) is 5.79. The molecule has 2 aromatic heterocycles. The number of nitrogens with zero attached hydrogens (tertiary/aromatic N) is 3. The van der Waals surface area contributed by atoms with Gasteiger partial charge in [0.25, 0.3) is 0 Å². The predicted octanol–water partition coefficient (Wildman–Crippen LogP) is 5.42. The first-order valence-corrected chi connectivity index (χ1v) is 14.5. The van der Waals surface area contributed by atoms with Crippen LogP contribution in [-0.2, 0) is 9.53 Å². The van der Waals surface area contributed by atoms with Gasteiger partial charge in [0.15, 0.2) is 0 Å². The smallest absolute Gasteiger partial charge is 0.309 e. The van der Waals surface area contributed by atoms with E-state index in [1.165, 1.54) is 19.2 Å². The third-order valence-corrected chi connectivity index (χ3v) is 9.66. The zero-order valence-corrected chi connectivity index (χ0v) is 21.4.